The molecule has 0 aliphatic carbocycles. The Labute approximate surface area is 139 Å². The van der Waals surface area contributed by atoms with Crippen molar-refractivity contribution in [1.29, 1.82) is 0 Å². The number of benzene rings is 2. The monoisotopic (exact) mass is 332 g/mol. The Kier molecular flexibility index (Phi) is 5.01. The summed E-state index contributed by atoms with van der Waals surface area (Å²) in [4.78, 5) is 22.6. The van der Waals surface area contributed by atoms with Gasteiger partial charge in [0.1, 0.15) is 5.02 Å². The second-order valence-corrected chi connectivity index (χ2v) is 5.89. The van der Waals surface area contributed by atoms with Crippen molar-refractivity contribution < 1.29 is 9.72 Å². The van der Waals surface area contributed by atoms with Crippen molar-refractivity contribution in [2.45, 2.75) is 26.8 Å². The van der Waals surface area contributed by atoms with Crippen molar-refractivity contribution in [2.24, 2.45) is 0 Å². The molecule has 2 rings (SSSR count). The fraction of sp³-hybridized carbons (Fsp3) is 0.235. The van der Waals surface area contributed by atoms with E-state index in [9.17, 15) is 14.9 Å². The maximum absolute atomic E-state index is 12.3. The summed E-state index contributed by atoms with van der Waals surface area (Å²) in [6, 6.07) is 9.81. The first-order valence-electron chi connectivity index (χ1n) is 7.11. The van der Waals surface area contributed by atoms with Crippen LogP contribution >= 0.6 is 11.6 Å². The van der Waals surface area contributed by atoms with E-state index in [1.54, 1.807) is 0 Å². The van der Waals surface area contributed by atoms with E-state index in [0.717, 1.165) is 16.7 Å². The number of hydrogen-bond donors (Lipinski definition) is 1. The highest BCUT2D eigenvalue weighted by Crippen LogP contribution is 2.25. The highest BCUT2D eigenvalue weighted by molar-refractivity contribution is 6.32. The zero-order valence-corrected chi connectivity index (χ0v) is 13.8. The molecule has 2 aromatic carbocycles. The third-order valence-corrected chi connectivity index (χ3v) is 3.96. The third kappa shape index (κ3) is 3.87. The number of amides is 1. The molecular weight excluding hydrogens is 316 g/mol. The van der Waals surface area contributed by atoms with Crippen molar-refractivity contribution >= 4 is 23.2 Å². The molecule has 1 amide bonds. The van der Waals surface area contributed by atoms with Gasteiger partial charge >= 0.3 is 0 Å². The molecule has 23 heavy (non-hydrogen) atoms. The van der Waals surface area contributed by atoms with E-state index in [4.69, 9.17) is 11.6 Å². The molecule has 0 aromatic heterocycles. The van der Waals surface area contributed by atoms with Crippen LogP contribution in [0.2, 0.25) is 5.02 Å². The van der Waals surface area contributed by atoms with Gasteiger partial charge in [-0.15, -0.1) is 0 Å². The summed E-state index contributed by atoms with van der Waals surface area (Å²) in [5, 5.41) is 13.8. The molecule has 0 saturated carbocycles. The van der Waals surface area contributed by atoms with Crippen molar-refractivity contribution in [3.05, 3.63) is 73.8 Å². The van der Waals surface area contributed by atoms with Crippen LogP contribution in [-0.4, -0.2) is 10.8 Å². The van der Waals surface area contributed by atoms with Crippen LogP contribution in [0.25, 0.3) is 0 Å². The molecule has 1 N–H and O–H groups in total. The number of rotatable bonds is 4. The van der Waals surface area contributed by atoms with Crippen molar-refractivity contribution in [3.63, 3.8) is 0 Å². The molecule has 1 atom stereocenters. The molecule has 0 saturated heterocycles. The minimum Gasteiger partial charge on any atom is -0.346 e. The molecule has 0 spiro atoms. The summed E-state index contributed by atoms with van der Waals surface area (Å²) in [5.41, 5.74) is 3.17. The number of carbonyl (C=O) groups excluding carboxylic acids is 1. The molecule has 0 fully saturated rings. The average molecular weight is 333 g/mol. The number of nitro groups is 1. The molecule has 0 radical (unpaired) electrons. The molecule has 2 aromatic rings. The average Bonchev–Trinajstić information content (AvgIpc) is 2.46. The first-order chi connectivity index (χ1) is 10.8. The second-order valence-electron chi connectivity index (χ2n) is 5.48. The van der Waals surface area contributed by atoms with Crippen molar-refractivity contribution in [1.82, 2.24) is 5.32 Å². The fourth-order valence-corrected chi connectivity index (χ4v) is 2.65. The minimum absolute atomic E-state index is 0.00831. The van der Waals surface area contributed by atoms with Gasteiger partial charge in [-0.1, -0.05) is 35.4 Å². The fourth-order valence-electron chi connectivity index (χ4n) is 2.46. The number of nitro benzene ring substituents is 1. The molecule has 6 heteroatoms. The topological polar surface area (TPSA) is 72.2 Å². The van der Waals surface area contributed by atoms with Gasteiger partial charge in [0.25, 0.3) is 11.6 Å². The summed E-state index contributed by atoms with van der Waals surface area (Å²) in [7, 11) is 0. The predicted octanol–water partition coefficient (Wildman–Crippen LogP) is 4.36. The Bertz CT molecular complexity index is 774. The van der Waals surface area contributed by atoms with Crippen LogP contribution in [0.15, 0.2) is 36.4 Å². The molecule has 0 unspecified atom stereocenters. The van der Waals surface area contributed by atoms with Crippen LogP contribution in [0, 0.1) is 24.0 Å². The van der Waals surface area contributed by atoms with Gasteiger partial charge in [0.2, 0.25) is 0 Å². The Morgan fingerprint density at radius 1 is 1.22 bits per heavy atom. The van der Waals surface area contributed by atoms with E-state index < -0.39 is 4.92 Å². The van der Waals surface area contributed by atoms with Crippen LogP contribution in [0.4, 0.5) is 5.69 Å². The lowest BCUT2D eigenvalue weighted by atomic mass is 10.00. The van der Waals surface area contributed by atoms with Crippen LogP contribution in [0.3, 0.4) is 0 Å². The van der Waals surface area contributed by atoms with Crippen molar-refractivity contribution in [2.75, 3.05) is 0 Å². The first-order valence-corrected chi connectivity index (χ1v) is 7.49. The van der Waals surface area contributed by atoms with Gasteiger partial charge in [-0.3, -0.25) is 14.9 Å². The predicted molar refractivity (Wildman–Crippen MR) is 89.9 cm³/mol. The SMILES string of the molecule is Cc1ccc([C@H](C)NC(=O)c2ccc(Cl)c([N+](=O)[O-])c2)c(C)c1. The number of nitrogens with zero attached hydrogens (tertiary/aromatic N) is 1. The Hall–Kier alpha value is -2.40. The van der Waals surface area contributed by atoms with E-state index in [0.29, 0.717) is 0 Å². The van der Waals surface area contributed by atoms with E-state index in [2.05, 4.69) is 5.32 Å². The van der Waals surface area contributed by atoms with E-state index in [1.165, 1.54) is 18.2 Å². The quantitative estimate of drug-likeness (QED) is 0.668. The van der Waals surface area contributed by atoms with Crippen LogP contribution in [0.1, 0.15) is 40.0 Å². The first kappa shape index (κ1) is 17.0. The summed E-state index contributed by atoms with van der Waals surface area (Å²) in [5.74, 6) is -0.378. The van der Waals surface area contributed by atoms with Gasteiger partial charge in [0.05, 0.1) is 11.0 Å². The molecule has 0 bridgehead atoms. The summed E-state index contributed by atoms with van der Waals surface area (Å²) in [6.45, 7) is 5.87. The van der Waals surface area contributed by atoms with E-state index in [1.807, 2.05) is 39.0 Å². The Morgan fingerprint density at radius 3 is 2.52 bits per heavy atom. The second kappa shape index (κ2) is 6.79. The Morgan fingerprint density at radius 2 is 1.91 bits per heavy atom. The van der Waals surface area contributed by atoms with Gasteiger partial charge < -0.3 is 5.32 Å². The molecular formula is C17H17ClN2O3. The largest absolute Gasteiger partial charge is 0.346 e. The lowest BCUT2D eigenvalue weighted by Crippen LogP contribution is -2.27. The lowest BCUT2D eigenvalue weighted by molar-refractivity contribution is -0.384. The summed E-state index contributed by atoms with van der Waals surface area (Å²) in [6.07, 6.45) is 0. The zero-order valence-electron chi connectivity index (χ0n) is 13.1. The standard InChI is InChI=1S/C17H17ClN2O3/c1-10-4-6-14(11(2)8-10)12(3)19-17(21)13-5-7-15(18)16(9-13)20(22)23/h4-9,12H,1-3H3,(H,19,21)/t12-/m0/s1. The Balaban J connectivity index is 2.21. The van der Waals surface area contributed by atoms with Crippen LogP contribution in [0.5, 0.6) is 0 Å². The maximum Gasteiger partial charge on any atom is 0.288 e. The zero-order chi connectivity index (χ0) is 17.1. The number of hydrogen-bond acceptors (Lipinski definition) is 3. The number of carbonyl (C=O) groups is 1. The van der Waals surface area contributed by atoms with Gasteiger partial charge in [0, 0.05) is 11.6 Å². The van der Waals surface area contributed by atoms with Gasteiger partial charge in [-0.2, -0.15) is 0 Å². The minimum atomic E-state index is -0.605. The molecule has 0 heterocycles. The van der Waals surface area contributed by atoms with Gasteiger partial charge in [-0.25, -0.2) is 0 Å². The summed E-state index contributed by atoms with van der Waals surface area (Å²) >= 11 is 5.76. The number of halogens is 1. The van der Waals surface area contributed by atoms with Gasteiger partial charge in [-0.05, 0) is 44.0 Å². The van der Waals surface area contributed by atoms with Gasteiger partial charge in [0.15, 0.2) is 0 Å². The van der Waals surface area contributed by atoms with Crippen LogP contribution in [-0.2, 0) is 0 Å². The van der Waals surface area contributed by atoms with Crippen LogP contribution < -0.4 is 5.32 Å². The highest BCUT2D eigenvalue weighted by atomic mass is 35.5. The van der Waals surface area contributed by atoms with E-state index >= 15 is 0 Å². The van der Waals surface area contributed by atoms with E-state index in [-0.39, 0.29) is 28.2 Å². The summed E-state index contributed by atoms with van der Waals surface area (Å²) < 4.78 is 0. The number of nitrogens with one attached hydrogen (secondary N) is 1. The number of aryl methyl sites for hydroxylation is 2. The normalized spacial score (nSPS) is 11.8. The lowest BCUT2D eigenvalue weighted by Gasteiger charge is -2.17. The van der Waals surface area contributed by atoms with Crippen molar-refractivity contribution in [3.8, 4) is 0 Å². The highest BCUT2D eigenvalue weighted by Gasteiger charge is 2.18. The molecule has 0 aliphatic heterocycles. The third-order valence-electron chi connectivity index (χ3n) is 3.64. The molecule has 120 valence electrons. The maximum atomic E-state index is 12.3. The smallest absolute Gasteiger partial charge is 0.288 e. The molecule has 5 nitrogen and oxygen atoms in total. The molecule has 0 aliphatic rings.